The number of carbonyl (C=O) groups is 1. The number of urea groups is 1. The Bertz CT molecular complexity index is 775. The maximum Gasteiger partial charge on any atom is 0.319 e. The van der Waals surface area contributed by atoms with Crippen molar-refractivity contribution in [1.29, 1.82) is 0 Å². The predicted octanol–water partition coefficient (Wildman–Crippen LogP) is 2.46. The molecule has 0 aliphatic heterocycles. The number of sulfonamides is 1. The summed E-state index contributed by atoms with van der Waals surface area (Å²) in [7, 11) is -3.73. The van der Waals surface area contributed by atoms with Crippen molar-refractivity contribution in [3.8, 4) is 0 Å². The van der Waals surface area contributed by atoms with Crippen LogP contribution in [0.5, 0.6) is 0 Å². The van der Waals surface area contributed by atoms with Crippen molar-refractivity contribution >= 4 is 37.7 Å². The second-order valence-electron chi connectivity index (χ2n) is 4.83. The zero-order chi connectivity index (χ0) is 16.9. The third-order valence-electron chi connectivity index (χ3n) is 3.05. The van der Waals surface area contributed by atoms with Crippen molar-refractivity contribution in [2.24, 2.45) is 5.14 Å². The fourth-order valence-corrected chi connectivity index (χ4v) is 2.65. The van der Waals surface area contributed by atoms with E-state index in [-0.39, 0.29) is 10.9 Å². The minimum atomic E-state index is -3.73. The number of hydrogen-bond acceptors (Lipinski definition) is 3. The number of amides is 2. The van der Waals surface area contributed by atoms with Crippen LogP contribution in [-0.4, -0.2) is 21.0 Å². The first-order valence-electron chi connectivity index (χ1n) is 6.77. The van der Waals surface area contributed by atoms with E-state index in [0.29, 0.717) is 18.7 Å². The Balaban J connectivity index is 1.81. The number of anilines is 1. The molecule has 0 heterocycles. The van der Waals surface area contributed by atoms with Crippen LogP contribution in [0.4, 0.5) is 10.5 Å². The minimum absolute atomic E-state index is 0.00121. The Hall–Kier alpha value is -1.90. The Morgan fingerprint density at radius 2 is 1.65 bits per heavy atom. The molecule has 0 saturated carbocycles. The normalized spacial score (nSPS) is 11.0. The van der Waals surface area contributed by atoms with Crippen LogP contribution in [0.3, 0.4) is 0 Å². The SMILES string of the molecule is NS(=O)(=O)c1ccc(NC(=O)NCCc2ccc(Br)cc2)cc1. The van der Waals surface area contributed by atoms with E-state index in [1.807, 2.05) is 24.3 Å². The molecule has 0 saturated heterocycles. The van der Waals surface area contributed by atoms with Crippen LogP contribution in [0.1, 0.15) is 5.56 Å². The molecular weight excluding hydrogens is 382 g/mol. The molecule has 0 aliphatic carbocycles. The van der Waals surface area contributed by atoms with E-state index in [4.69, 9.17) is 5.14 Å². The van der Waals surface area contributed by atoms with E-state index in [2.05, 4.69) is 26.6 Å². The lowest BCUT2D eigenvalue weighted by atomic mass is 10.1. The summed E-state index contributed by atoms with van der Waals surface area (Å²) in [5.41, 5.74) is 1.60. The number of rotatable bonds is 5. The smallest absolute Gasteiger partial charge is 0.319 e. The van der Waals surface area contributed by atoms with Gasteiger partial charge in [0.05, 0.1) is 4.90 Å². The quantitative estimate of drug-likeness (QED) is 0.721. The maximum atomic E-state index is 11.8. The standard InChI is InChI=1S/C15H16BrN3O3S/c16-12-3-1-11(2-4-12)9-10-18-15(20)19-13-5-7-14(8-6-13)23(17,21)22/h1-8H,9-10H2,(H2,17,21,22)(H2,18,19,20). The van der Waals surface area contributed by atoms with Crippen LogP contribution >= 0.6 is 15.9 Å². The number of hydrogen-bond donors (Lipinski definition) is 3. The topological polar surface area (TPSA) is 101 Å². The highest BCUT2D eigenvalue weighted by atomic mass is 79.9. The van der Waals surface area contributed by atoms with Gasteiger partial charge < -0.3 is 10.6 Å². The van der Waals surface area contributed by atoms with Gasteiger partial charge in [-0.3, -0.25) is 0 Å². The van der Waals surface area contributed by atoms with E-state index in [1.165, 1.54) is 24.3 Å². The van der Waals surface area contributed by atoms with E-state index >= 15 is 0 Å². The highest BCUT2D eigenvalue weighted by Gasteiger charge is 2.07. The summed E-state index contributed by atoms with van der Waals surface area (Å²) in [6.45, 7) is 0.489. The summed E-state index contributed by atoms with van der Waals surface area (Å²) in [5, 5.41) is 10.4. The van der Waals surface area contributed by atoms with Crippen molar-refractivity contribution in [3.05, 3.63) is 58.6 Å². The second kappa shape index (κ2) is 7.58. The number of nitrogens with two attached hydrogens (primary N) is 1. The molecule has 0 bridgehead atoms. The predicted molar refractivity (Wildman–Crippen MR) is 92.7 cm³/mol. The molecule has 0 aliphatic rings. The molecule has 2 aromatic rings. The molecule has 0 fully saturated rings. The van der Waals surface area contributed by atoms with E-state index in [9.17, 15) is 13.2 Å². The highest BCUT2D eigenvalue weighted by molar-refractivity contribution is 9.10. The van der Waals surface area contributed by atoms with Crippen molar-refractivity contribution < 1.29 is 13.2 Å². The molecular formula is C15H16BrN3O3S. The maximum absolute atomic E-state index is 11.8. The molecule has 2 rings (SSSR count). The average Bonchev–Trinajstić information content (AvgIpc) is 2.49. The molecule has 6 nitrogen and oxygen atoms in total. The third kappa shape index (κ3) is 5.66. The highest BCUT2D eigenvalue weighted by Crippen LogP contribution is 2.13. The Morgan fingerprint density at radius 3 is 2.22 bits per heavy atom. The van der Waals surface area contributed by atoms with Crippen LogP contribution in [0, 0.1) is 0 Å². The van der Waals surface area contributed by atoms with Crippen molar-refractivity contribution in [2.75, 3.05) is 11.9 Å². The number of nitrogens with one attached hydrogen (secondary N) is 2. The van der Waals surface area contributed by atoms with E-state index < -0.39 is 10.0 Å². The molecule has 0 aromatic heterocycles. The van der Waals surface area contributed by atoms with Crippen LogP contribution in [0.15, 0.2) is 57.9 Å². The molecule has 2 amide bonds. The van der Waals surface area contributed by atoms with Gasteiger partial charge >= 0.3 is 6.03 Å². The average molecular weight is 398 g/mol. The van der Waals surface area contributed by atoms with Gasteiger partial charge in [0.25, 0.3) is 0 Å². The van der Waals surface area contributed by atoms with Crippen LogP contribution in [-0.2, 0) is 16.4 Å². The largest absolute Gasteiger partial charge is 0.338 e. The minimum Gasteiger partial charge on any atom is -0.338 e. The van der Waals surface area contributed by atoms with Gasteiger partial charge in [-0.25, -0.2) is 18.4 Å². The van der Waals surface area contributed by atoms with E-state index in [1.54, 1.807) is 0 Å². The summed E-state index contributed by atoms with van der Waals surface area (Å²) in [5.74, 6) is 0. The molecule has 0 atom stereocenters. The fourth-order valence-electron chi connectivity index (χ4n) is 1.87. The number of benzene rings is 2. The first-order chi connectivity index (χ1) is 10.8. The van der Waals surface area contributed by atoms with Crippen LogP contribution < -0.4 is 15.8 Å². The summed E-state index contributed by atoms with van der Waals surface area (Å²) in [6, 6.07) is 13.1. The number of carbonyl (C=O) groups excluding carboxylic acids is 1. The Labute approximate surface area is 143 Å². The summed E-state index contributed by atoms with van der Waals surface area (Å²) >= 11 is 3.37. The van der Waals surface area contributed by atoms with Gasteiger partial charge in [-0.05, 0) is 48.4 Å². The fraction of sp³-hybridized carbons (Fsp3) is 0.133. The summed E-state index contributed by atoms with van der Waals surface area (Å²) in [4.78, 5) is 11.8. The molecule has 8 heteroatoms. The second-order valence-corrected chi connectivity index (χ2v) is 7.30. The van der Waals surface area contributed by atoms with Gasteiger partial charge in [0.15, 0.2) is 0 Å². The number of halogens is 1. The first-order valence-corrected chi connectivity index (χ1v) is 9.11. The molecule has 0 radical (unpaired) electrons. The molecule has 2 aromatic carbocycles. The van der Waals surface area contributed by atoms with Gasteiger partial charge in [0, 0.05) is 16.7 Å². The van der Waals surface area contributed by atoms with Gasteiger partial charge in [-0.1, -0.05) is 28.1 Å². The Kier molecular flexibility index (Phi) is 5.75. The zero-order valence-corrected chi connectivity index (χ0v) is 14.5. The lowest BCUT2D eigenvalue weighted by Crippen LogP contribution is -2.30. The van der Waals surface area contributed by atoms with Crippen molar-refractivity contribution in [3.63, 3.8) is 0 Å². The van der Waals surface area contributed by atoms with E-state index in [0.717, 1.165) is 10.0 Å². The van der Waals surface area contributed by atoms with Gasteiger partial charge in [-0.15, -0.1) is 0 Å². The zero-order valence-electron chi connectivity index (χ0n) is 12.1. The number of primary sulfonamides is 1. The van der Waals surface area contributed by atoms with Crippen molar-refractivity contribution in [2.45, 2.75) is 11.3 Å². The van der Waals surface area contributed by atoms with Gasteiger partial charge in [0.2, 0.25) is 10.0 Å². The molecule has 23 heavy (non-hydrogen) atoms. The molecule has 0 spiro atoms. The van der Waals surface area contributed by atoms with Gasteiger partial charge in [0.1, 0.15) is 0 Å². The monoisotopic (exact) mass is 397 g/mol. The third-order valence-corrected chi connectivity index (χ3v) is 4.51. The van der Waals surface area contributed by atoms with Gasteiger partial charge in [-0.2, -0.15) is 0 Å². The molecule has 4 N–H and O–H groups in total. The summed E-state index contributed by atoms with van der Waals surface area (Å²) < 4.78 is 23.3. The molecule has 122 valence electrons. The van der Waals surface area contributed by atoms with Crippen LogP contribution in [0.2, 0.25) is 0 Å². The van der Waals surface area contributed by atoms with Crippen molar-refractivity contribution in [1.82, 2.24) is 5.32 Å². The van der Waals surface area contributed by atoms with Crippen LogP contribution in [0.25, 0.3) is 0 Å². The summed E-state index contributed by atoms with van der Waals surface area (Å²) in [6.07, 6.45) is 0.713. The lowest BCUT2D eigenvalue weighted by Gasteiger charge is -2.08. The molecule has 0 unspecified atom stereocenters. The lowest BCUT2D eigenvalue weighted by molar-refractivity contribution is 0.252. The first kappa shape index (κ1) is 17.5. The Morgan fingerprint density at radius 1 is 1.04 bits per heavy atom.